The Morgan fingerprint density at radius 3 is 1.80 bits per heavy atom. The molecule has 80 heavy (non-hydrogen) atoms. The number of hydrogen-bond donors (Lipinski definition) is 1. The Morgan fingerprint density at radius 1 is 0.588 bits per heavy atom. The summed E-state index contributed by atoms with van der Waals surface area (Å²) in [6.45, 7) is 10.7. The average molecular weight is 1070 g/mol. The number of benzene rings is 8. The number of nitrogens with zero attached hydrogens (tertiary/aromatic N) is 3. The van der Waals surface area contributed by atoms with Crippen molar-refractivity contribution in [2.24, 2.45) is 11.3 Å². The molecule has 1 aliphatic carbocycles. The Labute approximate surface area is 466 Å². The van der Waals surface area contributed by atoms with Crippen LogP contribution in [0.3, 0.4) is 0 Å². The van der Waals surface area contributed by atoms with E-state index in [1.54, 1.807) is 97.2 Å². The molecule has 1 N–H and O–H groups in total. The maximum absolute atomic E-state index is 15.0. The minimum atomic E-state index is -4.61. The van der Waals surface area contributed by atoms with Gasteiger partial charge in [0.1, 0.15) is 46.4 Å². The lowest BCUT2D eigenvalue weighted by molar-refractivity contribution is 0.103. The maximum Gasteiger partial charge on any atom is 0.294 e. The first kappa shape index (κ1) is 53.9. The van der Waals surface area contributed by atoms with Gasteiger partial charge in [0.15, 0.2) is 11.6 Å². The molecule has 396 valence electrons. The first-order valence-corrected chi connectivity index (χ1v) is 27.6. The molecule has 0 saturated heterocycles. The van der Waals surface area contributed by atoms with Crippen molar-refractivity contribution in [3.63, 3.8) is 0 Å². The summed E-state index contributed by atoms with van der Waals surface area (Å²) in [6, 6.07) is 59.4. The number of carbonyl (C=O) groups excluding carboxylic acids is 2. The number of rotatable bonds is 15. The Balaban J connectivity index is 1.01. The minimum absolute atomic E-state index is 0.0320. The summed E-state index contributed by atoms with van der Waals surface area (Å²) in [6.07, 6.45) is 4.52. The quantitative estimate of drug-likeness (QED) is 0.0763. The van der Waals surface area contributed by atoms with E-state index in [9.17, 15) is 28.3 Å². The van der Waals surface area contributed by atoms with Crippen molar-refractivity contribution >= 4 is 21.7 Å². The largest absolute Gasteiger partial charge is 0.456 e. The molecule has 10 rings (SSSR count). The van der Waals surface area contributed by atoms with Crippen LogP contribution in [0.25, 0.3) is 22.3 Å². The first-order valence-electron chi connectivity index (χ1n) is 26.1. The molecular formula is C68H55N3O8S. The number of hydrogen-bond acceptors (Lipinski definition) is 10. The van der Waals surface area contributed by atoms with Gasteiger partial charge < -0.3 is 14.2 Å². The minimum Gasteiger partial charge on any atom is -0.456 e. The molecule has 0 amide bonds. The molecule has 11 nitrogen and oxygen atoms in total. The van der Waals surface area contributed by atoms with Crippen molar-refractivity contribution in [2.75, 3.05) is 0 Å². The standard InChI is InChI=1S/C68H55N3O8S/c1-43-18-32-55(58(35-43)66(73)48-12-9-13-54(36-48)80(74,75)76)47-21-33-57(59(37-47)65(72)46-19-26-53(27-20-46)79-64-17-6-7-34-71-64)56-14-10-16-63(61(56)41-70)78-52-30-24-50(25-31-52)68(39-44(2)38-67(4,5)42-68)49-22-28-51(29-23-49)77-62-15-8-11-45(3)60(62)40-69/h6-37,44H,38-39,42H2,1-5H3,(H,74,75,76). The lowest BCUT2D eigenvalue weighted by Crippen LogP contribution is -2.41. The molecule has 0 spiro atoms. The molecule has 1 fully saturated rings. The molecule has 12 heteroatoms. The number of nitriles is 2. The van der Waals surface area contributed by atoms with E-state index in [4.69, 9.17) is 14.2 Å². The predicted octanol–water partition coefficient (Wildman–Crippen LogP) is 16.0. The summed E-state index contributed by atoms with van der Waals surface area (Å²) in [5.41, 5.74) is 6.92. The summed E-state index contributed by atoms with van der Waals surface area (Å²) in [4.78, 5) is 33.2. The lowest BCUT2D eigenvalue weighted by Gasteiger charge is -2.48. The Hall–Kier alpha value is -9.46. The molecule has 2 atom stereocenters. The third kappa shape index (κ3) is 11.3. The topological polar surface area (TPSA) is 177 Å². The summed E-state index contributed by atoms with van der Waals surface area (Å²) in [7, 11) is -4.61. The van der Waals surface area contributed by atoms with Crippen molar-refractivity contribution < 1.29 is 36.8 Å². The van der Waals surface area contributed by atoms with Gasteiger partial charge in [0.25, 0.3) is 10.1 Å². The van der Waals surface area contributed by atoms with Gasteiger partial charge in [-0.1, -0.05) is 117 Å². The Morgan fingerprint density at radius 2 is 1.18 bits per heavy atom. The number of pyridine rings is 1. The van der Waals surface area contributed by atoms with Crippen molar-refractivity contribution in [2.45, 2.75) is 64.2 Å². The maximum atomic E-state index is 15.0. The van der Waals surface area contributed by atoms with Crippen molar-refractivity contribution in [1.29, 1.82) is 10.5 Å². The molecule has 8 aromatic carbocycles. The molecule has 0 radical (unpaired) electrons. The van der Waals surface area contributed by atoms with Gasteiger partial charge in [-0.15, -0.1) is 0 Å². The fraction of sp³-hybridized carbons (Fsp3) is 0.162. The van der Waals surface area contributed by atoms with Crippen LogP contribution in [0.5, 0.6) is 34.6 Å². The second-order valence-electron chi connectivity index (χ2n) is 21.3. The summed E-state index contributed by atoms with van der Waals surface area (Å²) < 4.78 is 52.8. The zero-order chi connectivity index (χ0) is 56.3. The van der Waals surface area contributed by atoms with Crippen molar-refractivity contribution in [3.8, 4) is 69.0 Å². The van der Waals surface area contributed by atoms with Crippen LogP contribution in [0.4, 0.5) is 0 Å². The SMILES string of the molecule is Cc1ccc(-c2ccc(-c3cccc(Oc4ccc(C5(c6ccc(Oc7cccc(C)c7C#N)cc6)CC(C)CC(C)(C)C5)cc4)c3C#N)c(C(=O)c3ccc(Oc4ccccn4)cc3)c2)c(C(=O)c2cccc(S(=O)(=O)O)c2)c1. The van der Waals surface area contributed by atoms with Crippen LogP contribution >= 0.6 is 0 Å². The van der Waals surface area contributed by atoms with E-state index in [0.29, 0.717) is 68.2 Å². The molecule has 2 unspecified atom stereocenters. The molecule has 0 aliphatic heterocycles. The molecular weight excluding hydrogens is 1020 g/mol. The highest BCUT2D eigenvalue weighted by Gasteiger charge is 2.45. The van der Waals surface area contributed by atoms with Gasteiger partial charge in [0, 0.05) is 45.5 Å². The molecule has 0 bridgehead atoms. The van der Waals surface area contributed by atoms with Crippen molar-refractivity contribution in [1.82, 2.24) is 4.98 Å². The summed E-state index contributed by atoms with van der Waals surface area (Å²) >= 11 is 0. The third-order valence-corrected chi connectivity index (χ3v) is 15.6. The van der Waals surface area contributed by atoms with E-state index in [0.717, 1.165) is 47.6 Å². The van der Waals surface area contributed by atoms with Gasteiger partial charge in [0.2, 0.25) is 5.88 Å². The smallest absolute Gasteiger partial charge is 0.294 e. The van der Waals surface area contributed by atoms with Gasteiger partial charge in [-0.25, -0.2) is 4.98 Å². The highest BCUT2D eigenvalue weighted by atomic mass is 32.2. The van der Waals surface area contributed by atoms with Crippen LogP contribution in [-0.4, -0.2) is 29.5 Å². The Kier molecular flexibility index (Phi) is 14.9. The highest BCUT2D eigenvalue weighted by molar-refractivity contribution is 7.85. The summed E-state index contributed by atoms with van der Waals surface area (Å²) in [5, 5.41) is 20.8. The van der Waals surface area contributed by atoms with E-state index in [1.807, 2.05) is 62.4 Å². The third-order valence-electron chi connectivity index (χ3n) is 14.8. The molecule has 1 saturated carbocycles. The molecule has 1 aliphatic rings. The van der Waals surface area contributed by atoms with E-state index >= 15 is 4.79 Å². The predicted molar refractivity (Wildman–Crippen MR) is 307 cm³/mol. The molecule has 1 aromatic heterocycles. The monoisotopic (exact) mass is 1070 g/mol. The molecule has 9 aromatic rings. The number of aryl methyl sites for hydroxylation is 2. The fourth-order valence-electron chi connectivity index (χ4n) is 11.5. The van der Waals surface area contributed by atoms with E-state index in [1.165, 1.54) is 18.2 Å². The van der Waals surface area contributed by atoms with Crippen LogP contribution in [0.1, 0.15) is 105 Å². The van der Waals surface area contributed by atoms with E-state index in [-0.39, 0.29) is 44.6 Å². The van der Waals surface area contributed by atoms with E-state index < -0.39 is 20.8 Å². The second kappa shape index (κ2) is 22.1. The van der Waals surface area contributed by atoms with Gasteiger partial charge in [-0.05, 0) is 169 Å². The zero-order valence-electron chi connectivity index (χ0n) is 44.7. The van der Waals surface area contributed by atoms with Gasteiger partial charge >= 0.3 is 0 Å². The highest BCUT2D eigenvalue weighted by Crippen LogP contribution is 2.54. The van der Waals surface area contributed by atoms with Crippen LogP contribution in [-0.2, 0) is 15.5 Å². The summed E-state index contributed by atoms with van der Waals surface area (Å²) in [5.74, 6) is 2.33. The van der Waals surface area contributed by atoms with Gasteiger partial charge in [-0.2, -0.15) is 18.9 Å². The van der Waals surface area contributed by atoms with Crippen LogP contribution < -0.4 is 14.2 Å². The normalized spacial score (nSPS) is 15.7. The number of ether oxygens (including phenoxy) is 3. The van der Waals surface area contributed by atoms with E-state index in [2.05, 4.69) is 62.2 Å². The van der Waals surface area contributed by atoms with Crippen LogP contribution in [0, 0.1) is 47.8 Å². The first-order chi connectivity index (χ1) is 38.4. The number of ketones is 2. The fourth-order valence-corrected chi connectivity index (χ4v) is 12.0. The zero-order valence-corrected chi connectivity index (χ0v) is 45.5. The van der Waals surface area contributed by atoms with Crippen LogP contribution in [0.15, 0.2) is 199 Å². The average Bonchev–Trinajstić information content (AvgIpc) is 3.47. The lowest BCUT2D eigenvalue weighted by atomic mass is 9.55. The van der Waals surface area contributed by atoms with Gasteiger partial charge in [-0.3, -0.25) is 14.1 Å². The Bertz CT molecular complexity index is 4050. The number of carbonyl (C=O) groups is 2. The van der Waals surface area contributed by atoms with Crippen molar-refractivity contribution in [3.05, 3.63) is 250 Å². The second-order valence-corrected chi connectivity index (χ2v) is 22.7. The molecule has 1 heterocycles. The number of aromatic nitrogens is 1. The van der Waals surface area contributed by atoms with Crippen LogP contribution in [0.2, 0.25) is 0 Å². The van der Waals surface area contributed by atoms with Gasteiger partial charge in [0.05, 0.1) is 10.5 Å².